The van der Waals surface area contributed by atoms with E-state index in [1.54, 1.807) is 12.1 Å². The molecule has 1 fully saturated rings. The van der Waals surface area contributed by atoms with E-state index in [4.69, 9.17) is 19.9 Å². The van der Waals surface area contributed by atoms with Crippen molar-refractivity contribution < 1.29 is 14.2 Å². The second-order valence-corrected chi connectivity index (χ2v) is 6.06. The van der Waals surface area contributed by atoms with Crippen molar-refractivity contribution in [2.75, 3.05) is 18.9 Å². The van der Waals surface area contributed by atoms with Gasteiger partial charge in [0.25, 0.3) is 0 Å². The molecule has 0 aromatic carbocycles. The summed E-state index contributed by atoms with van der Waals surface area (Å²) in [6, 6.07) is 3.51. The minimum Gasteiger partial charge on any atom is -0.475 e. The summed E-state index contributed by atoms with van der Waals surface area (Å²) in [5.74, 6) is 0.937. The zero-order valence-electron chi connectivity index (χ0n) is 12.5. The highest BCUT2D eigenvalue weighted by atomic mass is 16.5. The van der Waals surface area contributed by atoms with Crippen molar-refractivity contribution in [3.05, 3.63) is 12.1 Å². The van der Waals surface area contributed by atoms with Crippen LogP contribution < -0.4 is 15.2 Å². The molecule has 0 saturated carbocycles. The van der Waals surface area contributed by atoms with Gasteiger partial charge >= 0.3 is 0 Å². The molecule has 2 heterocycles. The molecular formula is C15H24N2O3. The molecule has 1 saturated heterocycles. The maximum Gasteiger partial charge on any atom is 0.241 e. The molecule has 1 aliphatic heterocycles. The summed E-state index contributed by atoms with van der Waals surface area (Å²) in [6.07, 6.45) is 3.54. The molecule has 5 heteroatoms. The molecule has 1 unspecified atom stereocenters. The highest BCUT2D eigenvalue weighted by Gasteiger charge is 2.17. The third-order valence-electron chi connectivity index (χ3n) is 2.96. The molecule has 0 aliphatic carbocycles. The van der Waals surface area contributed by atoms with Crippen molar-refractivity contribution >= 4 is 5.69 Å². The largest absolute Gasteiger partial charge is 0.475 e. The van der Waals surface area contributed by atoms with Gasteiger partial charge in [-0.2, -0.15) is 4.98 Å². The van der Waals surface area contributed by atoms with Crippen LogP contribution in [0.2, 0.25) is 0 Å². The van der Waals surface area contributed by atoms with Gasteiger partial charge in [0.15, 0.2) is 0 Å². The van der Waals surface area contributed by atoms with Crippen LogP contribution in [0.15, 0.2) is 12.1 Å². The normalized spacial score (nSPS) is 19.6. The van der Waals surface area contributed by atoms with Gasteiger partial charge in [-0.15, -0.1) is 0 Å². The van der Waals surface area contributed by atoms with Crippen LogP contribution in [-0.4, -0.2) is 29.9 Å². The summed E-state index contributed by atoms with van der Waals surface area (Å²) in [4.78, 5) is 4.32. The molecule has 5 nitrogen and oxygen atoms in total. The van der Waals surface area contributed by atoms with Crippen LogP contribution in [-0.2, 0) is 4.74 Å². The van der Waals surface area contributed by atoms with Crippen molar-refractivity contribution in [3.63, 3.8) is 0 Å². The Kier molecular flexibility index (Phi) is 4.70. The predicted octanol–water partition coefficient (Wildman–Crippen LogP) is 2.79. The van der Waals surface area contributed by atoms with E-state index in [9.17, 15) is 0 Å². The van der Waals surface area contributed by atoms with E-state index in [-0.39, 0.29) is 11.7 Å². The molecule has 1 aliphatic rings. The third kappa shape index (κ3) is 4.56. The van der Waals surface area contributed by atoms with Gasteiger partial charge in [0.05, 0.1) is 11.8 Å². The van der Waals surface area contributed by atoms with E-state index >= 15 is 0 Å². The first-order valence-corrected chi connectivity index (χ1v) is 7.14. The Morgan fingerprint density at radius 3 is 2.80 bits per heavy atom. The number of nitrogens with two attached hydrogens (primary N) is 1. The number of nitrogens with zero attached hydrogens (tertiary/aromatic N) is 1. The highest BCUT2D eigenvalue weighted by molar-refractivity contribution is 5.49. The zero-order valence-corrected chi connectivity index (χ0v) is 12.5. The first-order valence-electron chi connectivity index (χ1n) is 7.14. The lowest BCUT2D eigenvalue weighted by Gasteiger charge is -2.23. The lowest BCUT2D eigenvalue weighted by atomic mass is 10.1. The molecule has 20 heavy (non-hydrogen) atoms. The van der Waals surface area contributed by atoms with Crippen LogP contribution in [0.4, 0.5) is 5.69 Å². The number of anilines is 1. The molecule has 0 bridgehead atoms. The van der Waals surface area contributed by atoms with Gasteiger partial charge in [-0.3, -0.25) is 0 Å². The molecule has 1 atom stereocenters. The number of hydrogen-bond donors (Lipinski definition) is 1. The standard InChI is InChI=1S/C15H24N2O3/c1-15(2,3)20-14-12(16)7-8-13(17-14)19-10-11-6-4-5-9-18-11/h7-8,11H,4-6,9-10,16H2,1-3H3. The first kappa shape index (κ1) is 14.9. The van der Waals surface area contributed by atoms with Gasteiger partial charge < -0.3 is 19.9 Å². The van der Waals surface area contributed by atoms with Crippen LogP contribution >= 0.6 is 0 Å². The average molecular weight is 280 g/mol. The third-order valence-corrected chi connectivity index (χ3v) is 2.96. The average Bonchev–Trinajstić information content (AvgIpc) is 2.39. The van der Waals surface area contributed by atoms with Gasteiger partial charge in [-0.1, -0.05) is 0 Å². The second kappa shape index (κ2) is 6.31. The van der Waals surface area contributed by atoms with Gasteiger partial charge in [0, 0.05) is 12.7 Å². The fraction of sp³-hybridized carbons (Fsp3) is 0.667. The SMILES string of the molecule is CC(C)(C)Oc1nc(OCC2CCCCO2)ccc1N. The number of rotatable bonds is 4. The van der Waals surface area contributed by atoms with Gasteiger partial charge in [0.2, 0.25) is 11.8 Å². The Morgan fingerprint density at radius 2 is 2.15 bits per heavy atom. The van der Waals surface area contributed by atoms with Crippen molar-refractivity contribution in [1.82, 2.24) is 4.98 Å². The molecular weight excluding hydrogens is 256 g/mol. The number of pyridine rings is 1. The maximum atomic E-state index is 5.87. The van der Waals surface area contributed by atoms with E-state index in [0.717, 1.165) is 19.4 Å². The molecule has 1 aromatic rings. The van der Waals surface area contributed by atoms with Gasteiger partial charge in [0.1, 0.15) is 12.2 Å². The number of hydrogen-bond acceptors (Lipinski definition) is 5. The summed E-state index contributed by atoms with van der Waals surface area (Å²) < 4.78 is 17.0. The smallest absolute Gasteiger partial charge is 0.241 e. The monoisotopic (exact) mass is 280 g/mol. The number of nitrogen functional groups attached to an aromatic ring is 1. The summed E-state index contributed by atoms with van der Waals surface area (Å²) in [6.45, 7) is 7.21. The van der Waals surface area contributed by atoms with Crippen molar-refractivity contribution in [2.45, 2.75) is 51.7 Å². The molecule has 0 spiro atoms. The first-order chi connectivity index (χ1) is 9.44. The van der Waals surface area contributed by atoms with Crippen molar-refractivity contribution in [3.8, 4) is 11.8 Å². The highest BCUT2D eigenvalue weighted by Crippen LogP contribution is 2.26. The van der Waals surface area contributed by atoms with Crippen molar-refractivity contribution in [1.29, 1.82) is 0 Å². The molecule has 0 radical (unpaired) electrons. The van der Waals surface area contributed by atoms with Gasteiger partial charge in [-0.25, -0.2) is 0 Å². The van der Waals surface area contributed by atoms with Crippen LogP contribution in [0.3, 0.4) is 0 Å². The van der Waals surface area contributed by atoms with Crippen LogP contribution in [0.1, 0.15) is 40.0 Å². The fourth-order valence-electron chi connectivity index (χ4n) is 2.00. The Balaban J connectivity index is 1.96. The molecule has 2 rings (SSSR count). The van der Waals surface area contributed by atoms with Crippen molar-refractivity contribution in [2.24, 2.45) is 0 Å². The van der Waals surface area contributed by atoms with E-state index in [1.807, 2.05) is 20.8 Å². The Labute approximate surface area is 120 Å². The minimum absolute atomic E-state index is 0.162. The minimum atomic E-state index is -0.341. The lowest BCUT2D eigenvalue weighted by molar-refractivity contribution is -0.0121. The predicted molar refractivity (Wildman–Crippen MR) is 78.1 cm³/mol. The second-order valence-electron chi connectivity index (χ2n) is 6.06. The Morgan fingerprint density at radius 1 is 1.35 bits per heavy atom. The Hall–Kier alpha value is -1.49. The van der Waals surface area contributed by atoms with Crippen LogP contribution in [0.5, 0.6) is 11.8 Å². The molecule has 0 amide bonds. The number of aromatic nitrogens is 1. The van der Waals surface area contributed by atoms with Crippen LogP contribution in [0.25, 0.3) is 0 Å². The quantitative estimate of drug-likeness (QED) is 0.918. The molecule has 2 N–H and O–H groups in total. The van der Waals surface area contributed by atoms with E-state index in [1.165, 1.54) is 6.42 Å². The maximum absolute atomic E-state index is 5.87. The van der Waals surface area contributed by atoms with E-state index in [0.29, 0.717) is 24.1 Å². The summed E-state index contributed by atoms with van der Waals surface area (Å²) >= 11 is 0. The van der Waals surface area contributed by atoms with E-state index in [2.05, 4.69) is 4.98 Å². The van der Waals surface area contributed by atoms with Gasteiger partial charge in [-0.05, 0) is 46.1 Å². The fourth-order valence-corrected chi connectivity index (χ4v) is 2.00. The summed E-state index contributed by atoms with van der Waals surface area (Å²) in [7, 11) is 0. The number of ether oxygens (including phenoxy) is 3. The Bertz CT molecular complexity index is 437. The lowest BCUT2D eigenvalue weighted by Crippen LogP contribution is -2.26. The zero-order chi connectivity index (χ0) is 14.6. The van der Waals surface area contributed by atoms with Crippen LogP contribution in [0, 0.1) is 0 Å². The topological polar surface area (TPSA) is 66.6 Å². The molecule has 1 aromatic heterocycles. The summed E-state index contributed by atoms with van der Waals surface area (Å²) in [5, 5.41) is 0. The van der Waals surface area contributed by atoms with E-state index < -0.39 is 0 Å². The molecule has 112 valence electrons. The summed E-state index contributed by atoms with van der Waals surface area (Å²) in [5.41, 5.74) is 6.04.